The van der Waals surface area contributed by atoms with Crippen LogP contribution in [0.25, 0.3) is 0 Å². The number of benzene rings is 1. The predicted molar refractivity (Wildman–Crippen MR) is 99.1 cm³/mol. The zero-order valence-electron chi connectivity index (χ0n) is 14.1. The van der Waals surface area contributed by atoms with Crippen LogP contribution < -0.4 is 15.8 Å². The van der Waals surface area contributed by atoms with Crippen LogP contribution >= 0.6 is 12.4 Å². The molecule has 134 valence electrons. The van der Waals surface area contributed by atoms with Crippen LogP contribution in [0, 0.1) is 12.8 Å². The molecule has 3 N–H and O–H groups in total. The minimum absolute atomic E-state index is 0. The SMILES string of the molecule is Cc1ccnc(Oc2ccc(NC(=O)C3CCCC(N)C3)cc2)n1.Cl. The summed E-state index contributed by atoms with van der Waals surface area (Å²) in [5, 5.41) is 2.95. The highest BCUT2D eigenvalue weighted by Crippen LogP contribution is 2.25. The van der Waals surface area contributed by atoms with E-state index in [9.17, 15) is 4.79 Å². The molecule has 3 rings (SSSR count). The minimum Gasteiger partial charge on any atom is -0.424 e. The molecule has 0 aliphatic heterocycles. The van der Waals surface area contributed by atoms with E-state index in [2.05, 4.69) is 15.3 Å². The molecular formula is C18H23ClN4O2. The summed E-state index contributed by atoms with van der Waals surface area (Å²) >= 11 is 0. The standard InChI is InChI=1S/C18H22N4O2.ClH/c1-12-9-10-20-18(21-12)24-16-7-5-15(6-8-16)22-17(23)13-3-2-4-14(19)11-13;/h5-10,13-14H,2-4,11,19H2,1H3,(H,22,23);1H. The Morgan fingerprint density at radius 1 is 1.24 bits per heavy atom. The average Bonchev–Trinajstić information content (AvgIpc) is 2.57. The van der Waals surface area contributed by atoms with E-state index in [1.807, 2.05) is 25.1 Å². The highest BCUT2D eigenvalue weighted by Gasteiger charge is 2.25. The van der Waals surface area contributed by atoms with Gasteiger partial charge in [-0.3, -0.25) is 4.79 Å². The number of amides is 1. The molecule has 7 heteroatoms. The quantitative estimate of drug-likeness (QED) is 0.869. The van der Waals surface area contributed by atoms with Crippen LogP contribution in [0.15, 0.2) is 36.5 Å². The second-order valence-electron chi connectivity index (χ2n) is 6.22. The second-order valence-corrected chi connectivity index (χ2v) is 6.22. The molecule has 25 heavy (non-hydrogen) atoms. The molecule has 1 aromatic heterocycles. The van der Waals surface area contributed by atoms with Crippen LogP contribution in [-0.4, -0.2) is 21.9 Å². The number of rotatable bonds is 4. The van der Waals surface area contributed by atoms with Crippen molar-refractivity contribution in [3.63, 3.8) is 0 Å². The highest BCUT2D eigenvalue weighted by atomic mass is 35.5. The van der Waals surface area contributed by atoms with Crippen LogP contribution in [0.2, 0.25) is 0 Å². The third-order valence-corrected chi connectivity index (χ3v) is 4.19. The lowest BCUT2D eigenvalue weighted by Gasteiger charge is -2.25. The van der Waals surface area contributed by atoms with Crippen LogP contribution in [0.4, 0.5) is 5.69 Å². The van der Waals surface area contributed by atoms with Gasteiger partial charge < -0.3 is 15.8 Å². The predicted octanol–water partition coefficient (Wildman–Crippen LogP) is 3.46. The Morgan fingerprint density at radius 2 is 2.00 bits per heavy atom. The fourth-order valence-electron chi connectivity index (χ4n) is 2.90. The van der Waals surface area contributed by atoms with E-state index in [-0.39, 0.29) is 30.3 Å². The first-order valence-corrected chi connectivity index (χ1v) is 8.24. The largest absolute Gasteiger partial charge is 0.424 e. The van der Waals surface area contributed by atoms with Crippen LogP contribution in [0.3, 0.4) is 0 Å². The number of anilines is 1. The van der Waals surface area contributed by atoms with Gasteiger partial charge in [0.1, 0.15) is 5.75 Å². The van der Waals surface area contributed by atoms with Gasteiger partial charge in [-0.1, -0.05) is 6.42 Å². The lowest BCUT2D eigenvalue weighted by molar-refractivity contribution is -0.120. The first-order chi connectivity index (χ1) is 11.6. The summed E-state index contributed by atoms with van der Waals surface area (Å²) in [4.78, 5) is 20.6. The van der Waals surface area contributed by atoms with Gasteiger partial charge in [-0.05, 0) is 56.5 Å². The maximum atomic E-state index is 12.3. The molecule has 0 saturated heterocycles. The van der Waals surface area contributed by atoms with Gasteiger partial charge in [0.05, 0.1) is 0 Å². The van der Waals surface area contributed by atoms with E-state index in [1.54, 1.807) is 18.3 Å². The number of aromatic nitrogens is 2. The van der Waals surface area contributed by atoms with Crippen LogP contribution in [0.5, 0.6) is 11.8 Å². The van der Waals surface area contributed by atoms with E-state index in [0.717, 1.165) is 37.1 Å². The molecule has 1 aromatic carbocycles. The van der Waals surface area contributed by atoms with Crippen molar-refractivity contribution in [1.29, 1.82) is 0 Å². The summed E-state index contributed by atoms with van der Waals surface area (Å²) in [7, 11) is 0. The van der Waals surface area contributed by atoms with E-state index in [4.69, 9.17) is 10.5 Å². The smallest absolute Gasteiger partial charge is 0.322 e. The lowest BCUT2D eigenvalue weighted by Crippen LogP contribution is -2.34. The highest BCUT2D eigenvalue weighted by molar-refractivity contribution is 5.92. The molecule has 6 nitrogen and oxygen atoms in total. The van der Waals surface area contributed by atoms with Gasteiger partial charge in [-0.25, -0.2) is 9.97 Å². The Balaban J connectivity index is 0.00000225. The van der Waals surface area contributed by atoms with E-state index in [0.29, 0.717) is 11.8 Å². The minimum atomic E-state index is 0. The van der Waals surface area contributed by atoms with Gasteiger partial charge in [0.2, 0.25) is 5.91 Å². The molecule has 1 saturated carbocycles. The van der Waals surface area contributed by atoms with Crippen molar-refractivity contribution in [1.82, 2.24) is 9.97 Å². The van der Waals surface area contributed by atoms with Gasteiger partial charge in [-0.15, -0.1) is 12.4 Å². The van der Waals surface area contributed by atoms with Crippen molar-refractivity contribution in [3.05, 3.63) is 42.2 Å². The fraction of sp³-hybridized carbons (Fsp3) is 0.389. The number of carbonyl (C=O) groups is 1. The molecule has 1 aliphatic rings. The van der Waals surface area contributed by atoms with Crippen molar-refractivity contribution in [2.24, 2.45) is 11.7 Å². The van der Waals surface area contributed by atoms with Gasteiger partial charge >= 0.3 is 6.01 Å². The van der Waals surface area contributed by atoms with E-state index in [1.165, 1.54) is 0 Å². The molecule has 1 fully saturated rings. The number of ether oxygens (including phenoxy) is 1. The zero-order chi connectivity index (χ0) is 16.9. The molecule has 2 atom stereocenters. The average molecular weight is 363 g/mol. The Bertz CT molecular complexity index is 708. The second kappa shape index (κ2) is 8.78. The van der Waals surface area contributed by atoms with Crippen molar-refractivity contribution < 1.29 is 9.53 Å². The molecule has 1 aliphatic carbocycles. The van der Waals surface area contributed by atoms with Gasteiger partial charge in [0.15, 0.2) is 0 Å². The maximum absolute atomic E-state index is 12.3. The Kier molecular flexibility index (Phi) is 6.73. The molecule has 2 unspecified atom stereocenters. The molecule has 2 aromatic rings. The number of nitrogens with zero attached hydrogens (tertiary/aromatic N) is 2. The lowest BCUT2D eigenvalue weighted by atomic mass is 9.85. The molecular weight excluding hydrogens is 340 g/mol. The first-order valence-electron chi connectivity index (χ1n) is 8.24. The third kappa shape index (κ3) is 5.41. The summed E-state index contributed by atoms with van der Waals surface area (Å²) < 4.78 is 5.60. The van der Waals surface area contributed by atoms with Crippen molar-refractivity contribution in [2.45, 2.75) is 38.6 Å². The van der Waals surface area contributed by atoms with Crippen molar-refractivity contribution >= 4 is 24.0 Å². The Hall–Kier alpha value is -2.18. The summed E-state index contributed by atoms with van der Waals surface area (Å²) in [6.07, 6.45) is 5.35. The Morgan fingerprint density at radius 3 is 2.68 bits per heavy atom. The van der Waals surface area contributed by atoms with Crippen LogP contribution in [-0.2, 0) is 4.79 Å². The van der Waals surface area contributed by atoms with Crippen LogP contribution in [0.1, 0.15) is 31.4 Å². The van der Waals surface area contributed by atoms with Gasteiger partial charge in [0.25, 0.3) is 0 Å². The molecule has 0 radical (unpaired) electrons. The Labute approximate surface area is 153 Å². The number of halogens is 1. The number of hydrogen-bond acceptors (Lipinski definition) is 5. The van der Waals surface area contributed by atoms with Gasteiger partial charge in [-0.2, -0.15) is 0 Å². The van der Waals surface area contributed by atoms with Crippen molar-refractivity contribution in [3.8, 4) is 11.8 Å². The third-order valence-electron chi connectivity index (χ3n) is 4.19. The summed E-state index contributed by atoms with van der Waals surface area (Å²) in [5.74, 6) is 0.671. The normalized spacial score (nSPS) is 19.6. The first kappa shape index (κ1) is 19.1. The van der Waals surface area contributed by atoms with Crippen molar-refractivity contribution in [2.75, 3.05) is 5.32 Å². The summed E-state index contributed by atoms with van der Waals surface area (Å²) in [6, 6.07) is 9.45. The zero-order valence-corrected chi connectivity index (χ0v) is 15.0. The number of aryl methyl sites for hydroxylation is 1. The fourth-order valence-corrected chi connectivity index (χ4v) is 2.90. The number of nitrogens with one attached hydrogen (secondary N) is 1. The van der Waals surface area contributed by atoms with E-state index >= 15 is 0 Å². The molecule has 1 heterocycles. The molecule has 0 bridgehead atoms. The number of carbonyl (C=O) groups excluding carboxylic acids is 1. The molecule has 0 spiro atoms. The van der Waals surface area contributed by atoms with Gasteiger partial charge in [0, 0.05) is 29.5 Å². The maximum Gasteiger partial charge on any atom is 0.322 e. The monoisotopic (exact) mass is 362 g/mol. The van der Waals surface area contributed by atoms with E-state index < -0.39 is 0 Å². The summed E-state index contributed by atoms with van der Waals surface area (Å²) in [6.45, 7) is 1.88. The summed E-state index contributed by atoms with van der Waals surface area (Å²) in [5.41, 5.74) is 7.54. The topological polar surface area (TPSA) is 90.1 Å². The number of hydrogen-bond donors (Lipinski definition) is 2. The molecule has 1 amide bonds. The number of nitrogens with two attached hydrogens (primary N) is 1.